The third-order valence-electron chi connectivity index (χ3n) is 3.12. The van der Waals surface area contributed by atoms with E-state index in [4.69, 9.17) is 0 Å². The minimum Gasteiger partial charge on any atom is -0.306 e. The predicted octanol–water partition coefficient (Wildman–Crippen LogP) is 3.68. The van der Waals surface area contributed by atoms with Gasteiger partial charge in [-0.2, -0.15) is 13.2 Å². The van der Waals surface area contributed by atoms with Gasteiger partial charge in [0.2, 0.25) is 0 Å². The summed E-state index contributed by atoms with van der Waals surface area (Å²) in [6, 6.07) is 7.48. The maximum Gasteiger partial charge on any atom is 0.419 e. The van der Waals surface area contributed by atoms with Gasteiger partial charge in [0.15, 0.2) is 0 Å². The highest BCUT2D eigenvalue weighted by Gasteiger charge is 2.33. The SMILES string of the molecule is O=c1[nH]c2ccc(-c3ccc(C(F)(F)F)c(F)c3)cc2[nH]1. The Bertz CT molecular complexity index is 877. The molecule has 0 atom stereocenters. The minimum absolute atomic E-state index is 0.296. The maximum absolute atomic E-state index is 13.6. The molecule has 1 aromatic heterocycles. The van der Waals surface area contributed by atoms with Crippen molar-refractivity contribution >= 4 is 11.0 Å². The van der Waals surface area contributed by atoms with Gasteiger partial charge < -0.3 is 9.97 Å². The summed E-state index contributed by atoms with van der Waals surface area (Å²) in [5.74, 6) is -1.33. The monoisotopic (exact) mass is 296 g/mol. The molecule has 3 nitrogen and oxygen atoms in total. The Hall–Kier alpha value is -2.57. The quantitative estimate of drug-likeness (QED) is 0.661. The molecule has 2 N–H and O–H groups in total. The first-order chi connectivity index (χ1) is 9.84. The number of hydrogen-bond acceptors (Lipinski definition) is 1. The summed E-state index contributed by atoms with van der Waals surface area (Å²) in [6.07, 6.45) is -4.72. The fourth-order valence-corrected chi connectivity index (χ4v) is 2.14. The molecule has 21 heavy (non-hydrogen) atoms. The second-order valence-electron chi connectivity index (χ2n) is 4.53. The standard InChI is InChI=1S/C14H8F4N2O/c15-10-5-7(1-3-9(10)14(16,17)18)8-2-4-11-12(6-8)20-13(21)19-11/h1-6H,(H2,19,20,21). The third-order valence-corrected chi connectivity index (χ3v) is 3.12. The second-order valence-corrected chi connectivity index (χ2v) is 4.53. The van der Waals surface area contributed by atoms with Gasteiger partial charge in [-0.05, 0) is 35.4 Å². The van der Waals surface area contributed by atoms with Crippen molar-refractivity contribution in [2.24, 2.45) is 0 Å². The first kappa shape index (κ1) is 13.4. The van der Waals surface area contributed by atoms with Crippen molar-refractivity contribution in [3.05, 3.63) is 58.3 Å². The molecule has 0 fully saturated rings. The molecule has 2 aromatic carbocycles. The number of hydrogen-bond donors (Lipinski definition) is 2. The van der Waals surface area contributed by atoms with Crippen LogP contribution in [-0.4, -0.2) is 9.97 Å². The molecular formula is C14H8F4N2O. The smallest absolute Gasteiger partial charge is 0.306 e. The lowest BCUT2D eigenvalue weighted by molar-refractivity contribution is -0.139. The topological polar surface area (TPSA) is 48.6 Å². The number of alkyl halides is 3. The van der Waals surface area contributed by atoms with Crippen molar-refractivity contribution in [1.82, 2.24) is 9.97 Å². The van der Waals surface area contributed by atoms with E-state index in [0.717, 1.165) is 6.07 Å². The zero-order valence-corrected chi connectivity index (χ0v) is 10.4. The van der Waals surface area contributed by atoms with Crippen LogP contribution in [0.4, 0.5) is 17.6 Å². The summed E-state index contributed by atoms with van der Waals surface area (Å²) in [4.78, 5) is 16.2. The van der Waals surface area contributed by atoms with Gasteiger partial charge >= 0.3 is 11.9 Å². The zero-order valence-electron chi connectivity index (χ0n) is 10.4. The lowest BCUT2D eigenvalue weighted by Crippen LogP contribution is -2.07. The fourth-order valence-electron chi connectivity index (χ4n) is 2.14. The Morgan fingerprint density at radius 2 is 1.48 bits per heavy atom. The summed E-state index contributed by atoms with van der Waals surface area (Å²) in [5.41, 5.74) is 0.173. The Balaban J connectivity index is 2.10. The Morgan fingerprint density at radius 1 is 0.857 bits per heavy atom. The highest BCUT2D eigenvalue weighted by atomic mass is 19.4. The van der Waals surface area contributed by atoms with Crippen molar-refractivity contribution in [1.29, 1.82) is 0 Å². The largest absolute Gasteiger partial charge is 0.419 e. The van der Waals surface area contributed by atoms with Gasteiger partial charge in [-0.1, -0.05) is 12.1 Å². The van der Waals surface area contributed by atoms with Crippen molar-refractivity contribution in [2.45, 2.75) is 6.18 Å². The Labute approximate surface area is 115 Å². The van der Waals surface area contributed by atoms with Gasteiger partial charge in [0.1, 0.15) is 5.82 Å². The van der Waals surface area contributed by atoms with Crippen LogP contribution in [-0.2, 0) is 6.18 Å². The van der Waals surface area contributed by atoms with E-state index in [2.05, 4.69) is 9.97 Å². The number of halogens is 4. The van der Waals surface area contributed by atoms with Gasteiger partial charge in [-0.15, -0.1) is 0 Å². The van der Waals surface area contributed by atoms with E-state index >= 15 is 0 Å². The number of aromatic amines is 2. The highest BCUT2D eigenvalue weighted by Crippen LogP contribution is 2.33. The summed E-state index contributed by atoms with van der Waals surface area (Å²) in [6.45, 7) is 0. The highest BCUT2D eigenvalue weighted by molar-refractivity contribution is 5.81. The minimum atomic E-state index is -4.72. The molecule has 7 heteroatoms. The van der Waals surface area contributed by atoms with Crippen LogP contribution in [0.25, 0.3) is 22.2 Å². The van der Waals surface area contributed by atoms with Crippen molar-refractivity contribution in [2.75, 3.05) is 0 Å². The number of nitrogens with one attached hydrogen (secondary N) is 2. The molecule has 0 aliphatic rings. The van der Waals surface area contributed by atoms with Crippen LogP contribution < -0.4 is 5.69 Å². The van der Waals surface area contributed by atoms with Gasteiger partial charge in [0.25, 0.3) is 0 Å². The molecule has 0 unspecified atom stereocenters. The van der Waals surface area contributed by atoms with Crippen LogP contribution in [0.3, 0.4) is 0 Å². The number of rotatable bonds is 1. The van der Waals surface area contributed by atoms with E-state index in [1.54, 1.807) is 18.2 Å². The van der Waals surface area contributed by atoms with Crippen LogP contribution in [0.15, 0.2) is 41.2 Å². The number of imidazole rings is 1. The first-order valence-corrected chi connectivity index (χ1v) is 5.94. The van der Waals surface area contributed by atoms with Gasteiger partial charge in [0, 0.05) is 0 Å². The van der Waals surface area contributed by atoms with Gasteiger partial charge in [-0.3, -0.25) is 0 Å². The molecule has 3 rings (SSSR count). The van der Waals surface area contributed by atoms with E-state index in [1.165, 1.54) is 6.07 Å². The Morgan fingerprint density at radius 3 is 2.14 bits per heavy atom. The van der Waals surface area contributed by atoms with Crippen LogP contribution in [0, 0.1) is 5.82 Å². The number of H-pyrrole nitrogens is 2. The van der Waals surface area contributed by atoms with Crippen LogP contribution in [0.5, 0.6) is 0 Å². The second kappa shape index (κ2) is 4.47. The molecule has 108 valence electrons. The molecule has 3 aromatic rings. The molecule has 0 aliphatic carbocycles. The maximum atomic E-state index is 13.6. The zero-order chi connectivity index (χ0) is 15.2. The van der Waals surface area contributed by atoms with Crippen molar-refractivity contribution < 1.29 is 17.6 Å². The predicted molar refractivity (Wildman–Crippen MR) is 69.3 cm³/mol. The lowest BCUT2D eigenvalue weighted by atomic mass is 10.0. The van der Waals surface area contributed by atoms with Crippen LogP contribution in [0.1, 0.15) is 5.56 Å². The Kier molecular flexibility index (Phi) is 2.86. The number of benzene rings is 2. The lowest BCUT2D eigenvalue weighted by Gasteiger charge is -2.09. The van der Waals surface area contributed by atoms with Crippen molar-refractivity contribution in [3.8, 4) is 11.1 Å². The molecule has 0 aliphatic heterocycles. The van der Waals surface area contributed by atoms with Gasteiger partial charge in [0.05, 0.1) is 16.6 Å². The summed E-state index contributed by atoms with van der Waals surface area (Å²) >= 11 is 0. The molecule has 0 amide bonds. The average Bonchev–Trinajstić information content (AvgIpc) is 2.76. The summed E-state index contributed by atoms with van der Waals surface area (Å²) in [7, 11) is 0. The summed E-state index contributed by atoms with van der Waals surface area (Å²) in [5, 5.41) is 0. The van der Waals surface area contributed by atoms with E-state index < -0.39 is 17.6 Å². The summed E-state index contributed by atoms with van der Waals surface area (Å²) < 4.78 is 51.1. The van der Waals surface area contributed by atoms with Crippen LogP contribution in [0.2, 0.25) is 0 Å². The normalized spacial score (nSPS) is 12.0. The van der Waals surface area contributed by atoms with E-state index in [9.17, 15) is 22.4 Å². The molecule has 0 saturated heterocycles. The molecule has 0 radical (unpaired) electrons. The first-order valence-electron chi connectivity index (χ1n) is 5.94. The van der Waals surface area contributed by atoms with E-state index in [1.807, 2.05) is 0 Å². The average molecular weight is 296 g/mol. The van der Waals surface area contributed by atoms with Gasteiger partial charge in [-0.25, -0.2) is 9.18 Å². The van der Waals surface area contributed by atoms with Crippen molar-refractivity contribution in [3.63, 3.8) is 0 Å². The van der Waals surface area contributed by atoms with E-state index in [-0.39, 0.29) is 5.69 Å². The molecular weight excluding hydrogens is 288 g/mol. The third kappa shape index (κ3) is 2.42. The molecule has 0 saturated carbocycles. The number of aromatic nitrogens is 2. The molecule has 1 heterocycles. The van der Waals surface area contributed by atoms with Crippen LogP contribution >= 0.6 is 0 Å². The fraction of sp³-hybridized carbons (Fsp3) is 0.0714. The number of fused-ring (bicyclic) bond motifs is 1. The van der Waals surface area contributed by atoms with E-state index in [0.29, 0.717) is 28.2 Å². The molecule has 0 spiro atoms. The molecule has 0 bridgehead atoms.